The fraction of sp³-hybridized carbons (Fsp3) is 0.312. The zero-order valence-electron chi connectivity index (χ0n) is 24.9. The summed E-state index contributed by atoms with van der Waals surface area (Å²) >= 11 is 14.0. The van der Waals surface area contributed by atoms with Crippen molar-refractivity contribution in [1.29, 1.82) is 0 Å². The number of amides is 4. The summed E-state index contributed by atoms with van der Waals surface area (Å²) in [6.45, 7) is 0. The second-order valence-corrected chi connectivity index (χ2v) is 15.3. The number of thiazole rings is 2. The van der Waals surface area contributed by atoms with E-state index in [2.05, 4.69) is 31.2 Å². The predicted octanol–water partition coefficient (Wildman–Crippen LogP) is 5.51. The lowest BCUT2D eigenvalue weighted by Gasteiger charge is -2.08. The highest BCUT2D eigenvalue weighted by molar-refractivity contribution is 7.17. The molecule has 248 valence electrons. The fourth-order valence-corrected chi connectivity index (χ4v) is 7.85. The molecule has 2 aromatic carbocycles. The van der Waals surface area contributed by atoms with Crippen LogP contribution in [0.3, 0.4) is 0 Å². The molecule has 4 aliphatic rings. The van der Waals surface area contributed by atoms with E-state index in [9.17, 15) is 28.0 Å². The van der Waals surface area contributed by atoms with Crippen LogP contribution in [0.4, 0.5) is 8.78 Å². The van der Waals surface area contributed by atoms with Crippen LogP contribution in [0.5, 0.6) is 0 Å². The minimum Gasteiger partial charge on any atom is -0.349 e. The molecule has 2 aliphatic carbocycles. The van der Waals surface area contributed by atoms with E-state index in [1.54, 1.807) is 12.1 Å². The van der Waals surface area contributed by atoms with Gasteiger partial charge in [0.05, 0.1) is 12.4 Å². The van der Waals surface area contributed by atoms with Gasteiger partial charge in [-0.2, -0.15) is 0 Å². The Bertz CT molecular complexity index is 1800. The van der Waals surface area contributed by atoms with E-state index in [1.807, 2.05) is 0 Å². The van der Waals surface area contributed by atoms with Gasteiger partial charge in [-0.1, -0.05) is 23.2 Å². The Morgan fingerprint density at radius 1 is 0.708 bits per heavy atom. The number of carbonyl (C=O) groups is 4. The number of hydrogen-bond donors (Lipinski definition) is 4. The molecule has 2 spiro atoms. The van der Waals surface area contributed by atoms with Crippen molar-refractivity contribution in [2.45, 2.75) is 61.7 Å². The van der Waals surface area contributed by atoms with Crippen LogP contribution in [-0.4, -0.2) is 56.8 Å². The minimum absolute atomic E-state index is 0.0911. The van der Waals surface area contributed by atoms with Crippen LogP contribution >= 0.6 is 45.9 Å². The standard InChI is InChI=1S/2C16H13ClFN3O2S/c2*17-9-3-8(4-10(18)5-9)15-19-7-12(24-15)14(23)20-11-6-16(1-2-16)21-13(11)22/h2*3-5,7,11H,1-2,6H2,(H,20,23)(H,21,22)/t2*11-/m10/s1. The van der Waals surface area contributed by atoms with E-state index >= 15 is 0 Å². The van der Waals surface area contributed by atoms with Crippen LogP contribution < -0.4 is 21.3 Å². The maximum Gasteiger partial charge on any atom is 0.263 e. The molecule has 8 rings (SSSR count). The van der Waals surface area contributed by atoms with Gasteiger partial charge in [0.15, 0.2) is 0 Å². The van der Waals surface area contributed by atoms with Gasteiger partial charge in [-0.3, -0.25) is 19.2 Å². The van der Waals surface area contributed by atoms with Crippen LogP contribution in [0.1, 0.15) is 57.9 Å². The molecule has 4 aromatic rings. The van der Waals surface area contributed by atoms with Crippen molar-refractivity contribution < 1.29 is 28.0 Å². The Kier molecular flexibility index (Phi) is 8.47. The number of carbonyl (C=O) groups excluding carboxylic acids is 4. The normalized spacial score (nSPS) is 20.9. The third-order valence-corrected chi connectivity index (χ3v) is 11.1. The van der Waals surface area contributed by atoms with Gasteiger partial charge in [0, 0.05) is 32.3 Å². The first-order valence-corrected chi connectivity index (χ1v) is 17.4. The van der Waals surface area contributed by atoms with Crippen LogP contribution in [-0.2, 0) is 9.59 Å². The van der Waals surface area contributed by atoms with Crippen LogP contribution in [0.25, 0.3) is 21.1 Å². The molecule has 2 saturated carbocycles. The number of hydrogen-bond acceptors (Lipinski definition) is 8. The number of halogens is 4. The third-order valence-electron chi connectivity index (χ3n) is 8.60. The topological polar surface area (TPSA) is 142 Å². The van der Waals surface area contributed by atoms with Gasteiger partial charge < -0.3 is 21.3 Å². The van der Waals surface area contributed by atoms with Gasteiger partial charge in [-0.15, -0.1) is 22.7 Å². The van der Waals surface area contributed by atoms with Gasteiger partial charge in [0.1, 0.15) is 43.5 Å². The Balaban J connectivity index is 0.000000152. The molecule has 0 bridgehead atoms. The van der Waals surface area contributed by atoms with Gasteiger partial charge in [-0.05, 0) is 74.9 Å². The van der Waals surface area contributed by atoms with E-state index < -0.39 is 23.7 Å². The molecule has 4 heterocycles. The summed E-state index contributed by atoms with van der Waals surface area (Å²) < 4.78 is 26.9. The lowest BCUT2D eigenvalue weighted by Crippen LogP contribution is -2.39. The molecule has 2 aliphatic heterocycles. The highest BCUT2D eigenvalue weighted by atomic mass is 35.5. The zero-order valence-corrected chi connectivity index (χ0v) is 28.0. The Labute approximate surface area is 290 Å². The second kappa shape index (κ2) is 12.5. The molecule has 0 radical (unpaired) electrons. The summed E-state index contributed by atoms with van der Waals surface area (Å²) in [4.78, 5) is 57.5. The summed E-state index contributed by atoms with van der Waals surface area (Å²) in [5.41, 5.74) is 0.845. The number of nitrogens with one attached hydrogen (secondary N) is 4. The van der Waals surface area contributed by atoms with Crippen molar-refractivity contribution in [2.75, 3.05) is 0 Å². The Morgan fingerprint density at radius 2 is 1.10 bits per heavy atom. The average molecular weight is 732 g/mol. The Morgan fingerprint density at radius 3 is 1.44 bits per heavy atom. The molecule has 10 nitrogen and oxygen atoms in total. The van der Waals surface area contributed by atoms with Crippen LogP contribution in [0.2, 0.25) is 10.0 Å². The predicted molar refractivity (Wildman–Crippen MR) is 177 cm³/mol. The number of rotatable bonds is 6. The summed E-state index contributed by atoms with van der Waals surface area (Å²) in [6.07, 6.45) is 7.98. The first-order chi connectivity index (χ1) is 22.9. The summed E-state index contributed by atoms with van der Waals surface area (Å²) in [7, 11) is 0. The van der Waals surface area contributed by atoms with Crippen molar-refractivity contribution in [1.82, 2.24) is 31.2 Å². The first kappa shape index (κ1) is 32.6. The SMILES string of the molecule is O=C(N[C@@H]1CC2(CC2)NC1=O)c1cnc(-c2cc(F)cc(Cl)c2)s1.O=C(N[C@H]1CC2(CC2)NC1=O)c1cnc(-c2cc(F)cc(Cl)c2)s1. The molecule has 2 aromatic heterocycles. The quantitative estimate of drug-likeness (QED) is 0.206. The molecule has 16 heteroatoms. The lowest BCUT2D eigenvalue weighted by molar-refractivity contribution is -0.121. The van der Waals surface area contributed by atoms with Crippen LogP contribution in [0.15, 0.2) is 48.8 Å². The Hall–Kier alpha value is -3.98. The zero-order chi connectivity index (χ0) is 33.8. The molecule has 2 atom stereocenters. The molecule has 4 N–H and O–H groups in total. The van der Waals surface area contributed by atoms with E-state index in [1.165, 1.54) is 36.7 Å². The smallest absolute Gasteiger partial charge is 0.263 e. The number of nitrogens with zero attached hydrogens (tertiary/aromatic N) is 2. The molecule has 4 fully saturated rings. The van der Waals surface area contributed by atoms with Gasteiger partial charge >= 0.3 is 0 Å². The van der Waals surface area contributed by atoms with Crippen molar-refractivity contribution in [3.63, 3.8) is 0 Å². The van der Waals surface area contributed by atoms with E-state index in [0.29, 0.717) is 43.7 Å². The fourth-order valence-electron chi connectivity index (χ4n) is 5.80. The maximum atomic E-state index is 13.4. The van der Waals surface area contributed by atoms with Crippen molar-refractivity contribution in [2.24, 2.45) is 0 Å². The van der Waals surface area contributed by atoms with E-state index in [0.717, 1.165) is 48.4 Å². The highest BCUT2D eigenvalue weighted by Gasteiger charge is 2.53. The summed E-state index contributed by atoms with van der Waals surface area (Å²) in [6, 6.07) is 7.21. The van der Waals surface area contributed by atoms with Crippen molar-refractivity contribution in [3.8, 4) is 21.1 Å². The van der Waals surface area contributed by atoms with Crippen LogP contribution in [0, 0.1) is 11.6 Å². The maximum absolute atomic E-state index is 13.4. The van der Waals surface area contributed by atoms with E-state index in [4.69, 9.17) is 23.2 Å². The first-order valence-electron chi connectivity index (χ1n) is 15.0. The van der Waals surface area contributed by atoms with Gasteiger partial charge in [-0.25, -0.2) is 18.7 Å². The van der Waals surface area contributed by atoms with Gasteiger partial charge in [0.2, 0.25) is 11.8 Å². The molecule has 2 saturated heterocycles. The van der Waals surface area contributed by atoms with E-state index in [-0.39, 0.29) is 44.8 Å². The second-order valence-electron chi connectivity index (χ2n) is 12.4. The lowest BCUT2D eigenvalue weighted by atomic mass is 10.1. The number of benzene rings is 2. The summed E-state index contributed by atoms with van der Waals surface area (Å²) in [5.74, 6) is -1.89. The molecular weight excluding hydrogens is 705 g/mol. The largest absolute Gasteiger partial charge is 0.349 e. The third kappa shape index (κ3) is 7.07. The van der Waals surface area contributed by atoms with Crippen molar-refractivity contribution in [3.05, 3.63) is 80.2 Å². The highest BCUT2D eigenvalue weighted by Crippen LogP contribution is 2.44. The van der Waals surface area contributed by atoms with Crippen molar-refractivity contribution >= 4 is 69.5 Å². The monoisotopic (exact) mass is 730 g/mol. The minimum atomic E-state index is -0.505. The average Bonchev–Trinajstić information content (AvgIpc) is 3.64. The number of aromatic nitrogens is 2. The molecule has 48 heavy (non-hydrogen) atoms. The summed E-state index contributed by atoms with van der Waals surface area (Å²) in [5, 5.41) is 12.9. The molecular formula is C32H26Cl2F2N6O4S2. The molecule has 0 unspecified atom stereocenters. The molecule has 4 amide bonds. The van der Waals surface area contributed by atoms with Gasteiger partial charge in [0.25, 0.3) is 11.8 Å².